The maximum absolute atomic E-state index is 12.9. The Morgan fingerprint density at radius 1 is 1.33 bits per heavy atom. The van der Waals surface area contributed by atoms with Crippen LogP contribution in [0.1, 0.15) is 45.0 Å². The summed E-state index contributed by atoms with van der Waals surface area (Å²) >= 11 is 0. The van der Waals surface area contributed by atoms with Crippen molar-refractivity contribution >= 4 is 11.6 Å². The molecule has 2 bridgehead atoms. The number of amides is 1. The van der Waals surface area contributed by atoms with Gasteiger partial charge in [-0.1, -0.05) is 17.3 Å². The Labute approximate surface area is 140 Å². The van der Waals surface area contributed by atoms with Crippen molar-refractivity contribution in [3.8, 4) is 0 Å². The minimum absolute atomic E-state index is 0.0409. The smallest absolute Gasteiger partial charge is 0.233 e. The van der Waals surface area contributed by atoms with E-state index in [0.29, 0.717) is 12.2 Å². The molecular weight excluding hydrogens is 306 g/mol. The van der Waals surface area contributed by atoms with Crippen LogP contribution in [0.3, 0.4) is 0 Å². The molecule has 2 N–H and O–H groups in total. The zero-order valence-corrected chi connectivity index (χ0v) is 14.1. The number of tetrazole rings is 1. The van der Waals surface area contributed by atoms with Crippen LogP contribution in [-0.2, 0) is 16.0 Å². The monoisotopic (exact) mass is 327 g/mol. The van der Waals surface area contributed by atoms with Crippen LogP contribution >= 0.6 is 0 Å². The lowest BCUT2D eigenvalue weighted by Gasteiger charge is -2.43. The molecule has 1 aliphatic carbocycles. The SMILES string of the molecule is CC12CC(C(=O)Nc3cccc(Cc4nn[nH]n4)c3)(C1)C(C)(C)O2. The van der Waals surface area contributed by atoms with E-state index >= 15 is 0 Å². The van der Waals surface area contributed by atoms with Crippen LogP contribution in [0, 0.1) is 5.41 Å². The van der Waals surface area contributed by atoms with Crippen molar-refractivity contribution in [1.29, 1.82) is 0 Å². The molecule has 7 nitrogen and oxygen atoms in total. The number of fused-ring (bicyclic) bond motifs is 1. The first kappa shape index (κ1) is 15.3. The maximum Gasteiger partial charge on any atom is 0.233 e. The van der Waals surface area contributed by atoms with Crippen molar-refractivity contribution in [3.05, 3.63) is 35.7 Å². The lowest BCUT2D eigenvalue weighted by Crippen LogP contribution is -2.54. The molecule has 0 atom stereocenters. The van der Waals surface area contributed by atoms with Gasteiger partial charge in [0, 0.05) is 12.1 Å². The Morgan fingerprint density at radius 2 is 2.12 bits per heavy atom. The van der Waals surface area contributed by atoms with E-state index < -0.39 is 11.0 Å². The number of benzene rings is 1. The normalized spacial score (nSPS) is 30.0. The summed E-state index contributed by atoms with van der Waals surface area (Å²) in [6, 6.07) is 7.75. The van der Waals surface area contributed by atoms with Gasteiger partial charge in [0.05, 0.1) is 16.6 Å². The summed E-state index contributed by atoms with van der Waals surface area (Å²) in [6.07, 6.45) is 2.13. The van der Waals surface area contributed by atoms with Crippen molar-refractivity contribution in [3.63, 3.8) is 0 Å². The van der Waals surface area contributed by atoms with Gasteiger partial charge in [-0.05, 0) is 51.3 Å². The summed E-state index contributed by atoms with van der Waals surface area (Å²) in [4.78, 5) is 12.9. The van der Waals surface area contributed by atoms with Gasteiger partial charge >= 0.3 is 0 Å². The summed E-state index contributed by atoms with van der Waals surface area (Å²) in [5, 5.41) is 17.0. The molecule has 24 heavy (non-hydrogen) atoms. The molecule has 5 rings (SSSR count). The molecule has 0 radical (unpaired) electrons. The number of anilines is 1. The van der Waals surface area contributed by atoms with E-state index in [4.69, 9.17) is 4.74 Å². The van der Waals surface area contributed by atoms with Gasteiger partial charge in [0.2, 0.25) is 5.91 Å². The predicted octanol–water partition coefficient (Wildman–Crippen LogP) is 2.08. The topological polar surface area (TPSA) is 92.8 Å². The standard InChI is InChI=1S/C17H21N5O2/c1-15(2)17(9-16(3,10-17)24-15)14(23)18-12-6-4-5-11(7-12)8-13-19-21-22-20-13/h4-7H,8-10H2,1-3H3,(H,18,23)(H,19,20,21,22). The fraction of sp³-hybridized carbons (Fsp3) is 0.529. The molecule has 1 aromatic carbocycles. The first-order valence-corrected chi connectivity index (χ1v) is 8.15. The number of H-pyrrole nitrogens is 1. The minimum Gasteiger partial charge on any atom is -0.368 e. The average Bonchev–Trinajstić information content (AvgIpc) is 3.08. The Balaban J connectivity index is 1.51. The van der Waals surface area contributed by atoms with Crippen LogP contribution in [0.5, 0.6) is 0 Å². The number of rotatable bonds is 4. The molecular formula is C17H21N5O2. The number of nitrogens with one attached hydrogen (secondary N) is 2. The summed E-state index contributed by atoms with van der Waals surface area (Å²) < 4.78 is 6.08. The zero-order chi connectivity index (χ0) is 17.0. The molecule has 1 aromatic heterocycles. The molecule has 3 aliphatic rings. The van der Waals surface area contributed by atoms with E-state index in [1.165, 1.54) is 0 Å². The number of aromatic nitrogens is 4. The Bertz CT molecular complexity index is 778. The van der Waals surface area contributed by atoms with Gasteiger partial charge < -0.3 is 10.1 Å². The van der Waals surface area contributed by atoms with Crippen LogP contribution in [0.2, 0.25) is 0 Å². The number of carbonyl (C=O) groups excluding carboxylic acids is 1. The minimum atomic E-state index is -0.439. The number of aromatic amines is 1. The number of ether oxygens (including phenoxy) is 1. The van der Waals surface area contributed by atoms with Gasteiger partial charge in [0.25, 0.3) is 0 Å². The van der Waals surface area contributed by atoms with Gasteiger partial charge in [-0.15, -0.1) is 10.2 Å². The lowest BCUT2D eigenvalue weighted by molar-refractivity contribution is -0.132. The van der Waals surface area contributed by atoms with Gasteiger partial charge in [0.1, 0.15) is 0 Å². The molecule has 0 unspecified atom stereocenters. The van der Waals surface area contributed by atoms with Crippen molar-refractivity contribution in [1.82, 2.24) is 20.6 Å². The lowest BCUT2D eigenvalue weighted by atomic mass is 9.56. The fourth-order valence-corrected chi connectivity index (χ4v) is 4.32. The van der Waals surface area contributed by atoms with E-state index in [1.807, 2.05) is 38.1 Å². The molecule has 0 spiro atoms. The van der Waals surface area contributed by atoms with Crippen LogP contribution in [0.4, 0.5) is 5.69 Å². The van der Waals surface area contributed by atoms with Crippen molar-refractivity contribution < 1.29 is 9.53 Å². The molecule has 2 aromatic rings. The van der Waals surface area contributed by atoms with Gasteiger partial charge in [-0.3, -0.25) is 4.79 Å². The zero-order valence-electron chi connectivity index (χ0n) is 14.1. The highest BCUT2D eigenvalue weighted by atomic mass is 16.5. The van der Waals surface area contributed by atoms with E-state index in [1.54, 1.807) is 0 Å². The van der Waals surface area contributed by atoms with Crippen LogP contribution in [0.15, 0.2) is 24.3 Å². The summed E-state index contributed by atoms with van der Waals surface area (Å²) in [6.45, 7) is 6.10. The molecule has 7 heteroatoms. The van der Waals surface area contributed by atoms with Gasteiger partial charge in [0.15, 0.2) is 5.82 Å². The van der Waals surface area contributed by atoms with Gasteiger partial charge in [-0.25, -0.2) is 0 Å². The Kier molecular flexibility index (Phi) is 3.09. The molecule has 1 saturated carbocycles. The number of hydrogen-bond donors (Lipinski definition) is 2. The number of nitrogens with zero attached hydrogens (tertiary/aromatic N) is 3. The summed E-state index contributed by atoms with van der Waals surface area (Å²) in [5.74, 6) is 0.663. The van der Waals surface area contributed by atoms with Crippen molar-refractivity contribution in [2.45, 2.75) is 51.2 Å². The molecule has 3 fully saturated rings. The summed E-state index contributed by atoms with van der Waals surface area (Å²) in [5.41, 5.74) is 0.777. The number of hydrogen-bond acceptors (Lipinski definition) is 5. The second-order valence-corrected chi connectivity index (χ2v) is 7.66. The average molecular weight is 327 g/mol. The van der Waals surface area contributed by atoms with Crippen LogP contribution in [0.25, 0.3) is 0 Å². The highest BCUT2D eigenvalue weighted by Crippen LogP contribution is 2.66. The van der Waals surface area contributed by atoms with Crippen molar-refractivity contribution in [2.75, 3.05) is 5.32 Å². The Morgan fingerprint density at radius 3 is 2.75 bits per heavy atom. The highest BCUT2D eigenvalue weighted by molar-refractivity contribution is 5.97. The van der Waals surface area contributed by atoms with Gasteiger partial charge in [-0.2, -0.15) is 5.21 Å². The highest BCUT2D eigenvalue weighted by Gasteiger charge is 2.73. The predicted molar refractivity (Wildman–Crippen MR) is 87.3 cm³/mol. The quantitative estimate of drug-likeness (QED) is 0.897. The van der Waals surface area contributed by atoms with E-state index in [0.717, 1.165) is 24.1 Å². The van der Waals surface area contributed by atoms with Crippen LogP contribution in [-0.4, -0.2) is 37.7 Å². The molecule has 1 amide bonds. The second-order valence-electron chi connectivity index (χ2n) is 7.66. The van der Waals surface area contributed by atoms with E-state index in [-0.39, 0.29) is 11.5 Å². The second kappa shape index (κ2) is 4.86. The third kappa shape index (κ3) is 2.23. The first-order chi connectivity index (χ1) is 11.3. The third-order valence-electron chi connectivity index (χ3n) is 5.38. The van der Waals surface area contributed by atoms with Crippen molar-refractivity contribution in [2.24, 2.45) is 5.41 Å². The van der Waals surface area contributed by atoms with Crippen LogP contribution < -0.4 is 5.32 Å². The van der Waals surface area contributed by atoms with E-state index in [9.17, 15) is 4.79 Å². The molecule has 2 saturated heterocycles. The third-order valence-corrected chi connectivity index (χ3v) is 5.38. The molecule has 2 aliphatic heterocycles. The Hall–Kier alpha value is -2.28. The molecule has 3 heterocycles. The van der Waals surface area contributed by atoms with E-state index in [2.05, 4.69) is 32.9 Å². The largest absolute Gasteiger partial charge is 0.368 e. The summed E-state index contributed by atoms with van der Waals surface area (Å²) in [7, 11) is 0. The maximum atomic E-state index is 12.9. The first-order valence-electron chi connectivity index (χ1n) is 8.15. The molecule has 126 valence electrons. The fourth-order valence-electron chi connectivity index (χ4n) is 4.32. The number of carbonyl (C=O) groups is 1.